The highest BCUT2D eigenvalue weighted by molar-refractivity contribution is 5.41. The molecule has 0 aromatic heterocycles. The van der Waals surface area contributed by atoms with Crippen molar-refractivity contribution in [2.24, 2.45) is 11.8 Å². The lowest BCUT2D eigenvalue weighted by molar-refractivity contribution is 0.138. The number of ether oxygens (including phenoxy) is 1. The van der Waals surface area contributed by atoms with Gasteiger partial charge in [-0.1, -0.05) is 32.6 Å². The van der Waals surface area contributed by atoms with Crippen LogP contribution < -0.4 is 4.74 Å². The van der Waals surface area contributed by atoms with Gasteiger partial charge in [0, 0.05) is 0 Å². The van der Waals surface area contributed by atoms with Crippen molar-refractivity contribution in [1.29, 1.82) is 0 Å². The molecule has 0 radical (unpaired) electrons. The molecule has 1 aliphatic heterocycles. The molecular formula is C19H26F2O. The Labute approximate surface area is 132 Å². The second-order valence-electron chi connectivity index (χ2n) is 7.29. The third-order valence-electron chi connectivity index (χ3n) is 5.47. The second kappa shape index (κ2) is 6.55. The lowest BCUT2D eigenvalue weighted by Crippen LogP contribution is -2.25. The normalized spacial score (nSPS) is 28.1. The van der Waals surface area contributed by atoms with E-state index in [9.17, 15) is 8.78 Å². The molecule has 0 bridgehead atoms. The van der Waals surface area contributed by atoms with Crippen LogP contribution in [0.25, 0.3) is 0 Å². The Balaban J connectivity index is 1.59. The van der Waals surface area contributed by atoms with Gasteiger partial charge in [-0.25, -0.2) is 4.39 Å². The molecule has 0 saturated heterocycles. The van der Waals surface area contributed by atoms with E-state index in [0.717, 1.165) is 43.1 Å². The number of fused-ring (bicyclic) bond motifs is 1. The third-order valence-corrected chi connectivity index (χ3v) is 5.47. The summed E-state index contributed by atoms with van der Waals surface area (Å²) in [4.78, 5) is 0. The summed E-state index contributed by atoms with van der Waals surface area (Å²) in [5.74, 6) is 0.263. The molecule has 1 unspecified atom stereocenters. The highest BCUT2D eigenvalue weighted by atomic mass is 19.2. The van der Waals surface area contributed by atoms with Crippen LogP contribution in [-0.4, -0.2) is 6.10 Å². The minimum Gasteiger partial charge on any atom is -0.487 e. The number of aryl methyl sites for hydroxylation is 2. The lowest BCUT2D eigenvalue weighted by Gasteiger charge is -2.30. The quantitative estimate of drug-likeness (QED) is 0.709. The molecule has 1 fully saturated rings. The van der Waals surface area contributed by atoms with Crippen molar-refractivity contribution >= 4 is 0 Å². The Kier molecular flexibility index (Phi) is 4.70. The largest absolute Gasteiger partial charge is 0.487 e. The summed E-state index contributed by atoms with van der Waals surface area (Å²) in [6.07, 6.45) is 9.16. The summed E-state index contributed by atoms with van der Waals surface area (Å²) in [5, 5.41) is 0. The predicted molar refractivity (Wildman–Crippen MR) is 84.2 cm³/mol. The first kappa shape index (κ1) is 15.8. The first-order valence-corrected chi connectivity index (χ1v) is 8.68. The highest BCUT2D eigenvalue weighted by Crippen LogP contribution is 2.36. The summed E-state index contributed by atoms with van der Waals surface area (Å²) in [6, 6.07) is 1.73. The van der Waals surface area contributed by atoms with E-state index >= 15 is 0 Å². The van der Waals surface area contributed by atoms with E-state index < -0.39 is 11.6 Å². The van der Waals surface area contributed by atoms with Gasteiger partial charge in [0.25, 0.3) is 0 Å². The molecule has 1 aromatic rings. The van der Waals surface area contributed by atoms with Crippen LogP contribution in [0.1, 0.15) is 63.0 Å². The van der Waals surface area contributed by atoms with Crippen molar-refractivity contribution in [3.63, 3.8) is 0 Å². The van der Waals surface area contributed by atoms with E-state index in [1.807, 2.05) is 0 Å². The van der Waals surface area contributed by atoms with E-state index in [-0.39, 0.29) is 11.9 Å². The molecule has 3 rings (SSSR count). The first-order valence-electron chi connectivity index (χ1n) is 8.68. The van der Waals surface area contributed by atoms with Crippen molar-refractivity contribution < 1.29 is 13.5 Å². The van der Waals surface area contributed by atoms with Crippen molar-refractivity contribution in [1.82, 2.24) is 0 Å². The Morgan fingerprint density at radius 3 is 2.50 bits per heavy atom. The van der Waals surface area contributed by atoms with E-state index in [0.29, 0.717) is 5.56 Å². The topological polar surface area (TPSA) is 9.23 Å². The molecule has 1 saturated carbocycles. The molecule has 1 atom stereocenters. The van der Waals surface area contributed by atoms with Crippen LogP contribution in [0.4, 0.5) is 8.78 Å². The van der Waals surface area contributed by atoms with Crippen molar-refractivity contribution in [3.05, 3.63) is 28.8 Å². The maximum atomic E-state index is 14.1. The Morgan fingerprint density at radius 1 is 1.05 bits per heavy atom. The third kappa shape index (κ3) is 3.28. The van der Waals surface area contributed by atoms with Crippen LogP contribution in [0.5, 0.6) is 5.75 Å². The van der Waals surface area contributed by atoms with Gasteiger partial charge in [0.05, 0.1) is 6.10 Å². The van der Waals surface area contributed by atoms with Crippen LogP contribution in [0.3, 0.4) is 0 Å². The molecule has 122 valence electrons. The van der Waals surface area contributed by atoms with Gasteiger partial charge < -0.3 is 4.74 Å². The molecule has 3 heteroatoms. The lowest BCUT2D eigenvalue weighted by atomic mass is 9.80. The zero-order chi connectivity index (χ0) is 15.7. The minimum atomic E-state index is -0.800. The van der Waals surface area contributed by atoms with Crippen molar-refractivity contribution in [2.45, 2.75) is 71.3 Å². The fourth-order valence-electron chi connectivity index (χ4n) is 3.90. The Hall–Kier alpha value is -1.12. The molecule has 22 heavy (non-hydrogen) atoms. The van der Waals surface area contributed by atoms with E-state index in [1.165, 1.54) is 25.7 Å². The second-order valence-corrected chi connectivity index (χ2v) is 7.29. The van der Waals surface area contributed by atoms with Crippen LogP contribution in [-0.2, 0) is 6.42 Å². The first-order chi connectivity index (χ1) is 10.5. The summed E-state index contributed by atoms with van der Waals surface area (Å²) >= 11 is 0. The van der Waals surface area contributed by atoms with E-state index in [1.54, 1.807) is 13.0 Å². The molecule has 0 spiro atoms. The zero-order valence-electron chi connectivity index (χ0n) is 13.6. The van der Waals surface area contributed by atoms with Gasteiger partial charge in [-0.15, -0.1) is 0 Å². The molecular weight excluding hydrogens is 282 g/mol. The molecule has 1 aliphatic carbocycles. The van der Waals surface area contributed by atoms with Crippen molar-refractivity contribution in [2.75, 3.05) is 0 Å². The van der Waals surface area contributed by atoms with Gasteiger partial charge in [0.15, 0.2) is 11.6 Å². The smallest absolute Gasteiger partial charge is 0.201 e. The number of rotatable bonds is 3. The van der Waals surface area contributed by atoms with Gasteiger partial charge in [-0.2, -0.15) is 4.39 Å². The zero-order valence-corrected chi connectivity index (χ0v) is 13.6. The maximum Gasteiger partial charge on any atom is 0.201 e. The van der Waals surface area contributed by atoms with Crippen molar-refractivity contribution in [3.8, 4) is 5.75 Å². The molecule has 1 nitrogen and oxygen atoms in total. The number of benzene rings is 1. The minimum absolute atomic E-state index is 0.0449. The summed E-state index contributed by atoms with van der Waals surface area (Å²) in [5.41, 5.74) is 1.19. The Bertz CT molecular complexity index is 533. The Morgan fingerprint density at radius 2 is 1.77 bits per heavy atom. The standard InChI is InChI=1S/C19H26F2O/c1-12-3-5-14(6-4-12)7-9-16-10-8-15-11-13(2)17(20)18(21)19(15)22-16/h11-12,14,16H,3-10H2,1-2H3. The number of halogens is 2. The van der Waals surface area contributed by atoms with E-state index in [2.05, 4.69) is 6.92 Å². The summed E-state index contributed by atoms with van der Waals surface area (Å²) < 4.78 is 33.6. The molecule has 0 amide bonds. The predicted octanol–water partition coefficient (Wildman–Crippen LogP) is 5.57. The van der Waals surface area contributed by atoms with Gasteiger partial charge in [0.1, 0.15) is 0 Å². The molecule has 1 heterocycles. The fraction of sp³-hybridized carbons (Fsp3) is 0.684. The maximum absolute atomic E-state index is 14.1. The highest BCUT2D eigenvalue weighted by Gasteiger charge is 2.27. The molecule has 2 aliphatic rings. The monoisotopic (exact) mass is 308 g/mol. The van der Waals surface area contributed by atoms with Gasteiger partial charge in [-0.3, -0.25) is 0 Å². The van der Waals surface area contributed by atoms with Gasteiger partial charge >= 0.3 is 0 Å². The summed E-state index contributed by atoms with van der Waals surface area (Å²) in [7, 11) is 0. The molecule has 0 N–H and O–H groups in total. The number of hydrogen-bond acceptors (Lipinski definition) is 1. The average Bonchev–Trinajstić information content (AvgIpc) is 2.52. The molecule has 1 aromatic carbocycles. The van der Waals surface area contributed by atoms with E-state index in [4.69, 9.17) is 4.74 Å². The van der Waals surface area contributed by atoms with Crippen LogP contribution in [0.2, 0.25) is 0 Å². The fourth-order valence-corrected chi connectivity index (χ4v) is 3.90. The van der Waals surface area contributed by atoms with Crippen LogP contribution in [0.15, 0.2) is 6.07 Å². The van der Waals surface area contributed by atoms with Gasteiger partial charge in [0.2, 0.25) is 5.82 Å². The number of hydrogen-bond donors (Lipinski definition) is 0. The average molecular weight is 308 g/mol. The SMILES string of the molecule is Cc1cc2c(c(F)c1F)OC(CCC1CCC(C)CC1)CC2. The summed E-state index contributed by atoms with van der Waals surface area (Å²) in [6.45, 7) is 3.94. The van der Waals surface area contributed by atoms with Crippen LogP contribution >= 0.6 is 0 Å². The van der Waals surface area contributed by atoms with Gasteiger partial charge in [-0.05, 0) is 61.6 Å². The van der Waals surface area contributed by atoms with Crippen LogP contribution in [0, 0.1) is 30.4 Å².